The van der Waals surface area contributed by atoms with E-state index < -0.39 is 10.0 Å². The van der Waals surface area contributed by atoms with Gasteiger partial charge in [0.1, 0.15) is 0 Å². The van der Waals surface area contributed by atoms with Gasteiger partial charge in [-0.1, -0.05) is 36.4 Å². The molecule has 0 amide bonds. The maximum Gasteiger partial charge on any atom is 0.243 e. The molecule has 1 aliphatic carbocycles. The third kappa shape index (κ3) is 3.52. The molecule has 1 fully saturated rings. The number of rotatable bonds is 4. The molecule has 0 bridgehead atoms. The first-order chi connectivity index (χ1) is 11.5. The van der Waals surface area contributed by atoms with Crippen LogP contribution in [0.4, 0.5) is 0 Å². The molecular weight excluding hydrogens is 322 g/mol. The third-order valence-corrected chi connectivity index (χ3v) is 6.84. The molecule has 5 heteroatoms. The van der Waals surface area contributed by atoms with Gasteiger partial charge in [-0.3, -0.25) is 4.79 Å². The third-order valence-electron chi connectivity index (χ3n) is 4.93. The van der Waals surface area contributed by atoms with Gasteiger partial charge >= 0.3 is 0 Å². The van der Waals surface area contributed by atoms with Gasteiger partial charge in [0.05, 0.1) is 4.90 Å². The summed E-state index contributed by atoms with van der Waals surface area (Å²) in [6.45, 7) is 2.59. The summed E-state index contributed by atoms with van der Waals surface area (Å²) in [5.74, 6) is 0.899. The predicted octanol–water partition coefficient (Wildman–Crippen LogP) is 3.42. The van der Waals surface area contributed by atoms with Crippen LogP contribution in [0.5, 0.6) is 0 Å². The highest BCUT2D eigenvalue weighted by molar-refractivity contribution is 7.89. The molecule has 0 N–H and O–H groups in total. The molecule has 2 aliphatic rings. The molecule has 0 radical (unpaired) electrons. The molecule has 0 atom stereocenters. The monoisotopic (exact) mass is 345 g/mol. The predicted molar refractivity (Wildman–Crippen MR) is 94.3 cm³/mol. The highest BCUT2D eigenvalue weighted by atomic mass is 32.2. The van der Waals surface area contributed by atoms with E-state index in [2.05, 4.69) is 24.3 Å². The van der Waals surface area contributed by atoms with Crippen LogP contribution in [0.1, 0.15) is 36.5 Å². The molecule has 24 heavy (non-hydrogen) atoms. The van der Waals surface area contributed by atoms with Crippen LogP contribution in [0.2, 0.25) is 0 Å². The minimum Gasteiger partial charge on any atom is -0.295 e. The van der Waals surface area contributed by atoms with E-state index in [0.29, 0.717) is 30.5 Å². The van der Waals surface area contributed by atoms with Crippen molar-refractivity contribution in [1.29, 1.82) is 0 Å². The van der Waals surface area contributed by atoms with E-state index in [1.54, 1.807) is 16.4 Å². The molecule has 1 aliphatic heterocycles. The second-order valence-corrected chi connectivity index (χ2v) is 8.43. The minimum atomic E-state index is -3.47. The first kappa shape index (κ1) is 17.1. The van der Waals surface area contributed by atoms with Crippen LogP contribution in [0, 0.1) is 11.8 Å². The van der Waals surface area contributed by atoms with E-state index in [-0.39, 0.29) is 10.7 Å². The highest BCUT2D eigenvalue weighted by Gasteiger charge is 2.31. The maximum absolute atomic E-state index is 12.8. The van der Waals surface area contributed by atoms with Gasteiger partial charge in [-0.05, 0) is 50.2 Å². The molecule has 1 heterocycles. The number of benzene rings is 1. The number of carbonyl (C=O) groups is 1. The van der Waals surface area contributed by atoms with Crippen LogP contribution in [0.3, 0.4) is 0 Å². The zero-order chi connectivity index (χ0) is 17.2. The summed E-state index contributed by atoms with van der Waals surface area (Å²) in [6.07, 6.45) is 11.6. The lowest BCUT2D eigenvalue weighted by Gasteiger charge is -2.34. The Labute approximate surface area is 143 Å². The quantitative estimate of drug-likeness (QED) is 0.620. The molecule has 1 aromatic rings. The zero-order valence-electron chi connectivity index (χ0n) is 13.9. The van der Waals surface area contributed by atoms with E-state index in [0.717, 1.165) is 19.3 Å². The first-order valence-corrected chi connectivity index (χ1v) is 9.87. The molecule has 1 saturated heterocycles. The lowest BCUT2D eigenvalue weighted by Crippen LogP contribution is -2.39. The largest absolute Gasteiger partial charge is 0.295 e. The summed E-state index contributed by atoms with van der Waals surface area (Å²) in [6, 6.07) is 6.23. The van der Waals surface area contributed by atoms with Gasteiger partial charge in [-0.25, -0.2) is 8.42 Å². The van der Waals surface area contributed by atoms with Gasteiger partial charge in [0.25, 0.3) is 0 Å². The van der Waals surface area contributed by atoms with Crippen molar-refractivity contribution in [3.05, 3.63) is 54.1 Å². The minimum absolute atomic E-state index is 0.0617. The van der Waals surface area contributed by atoms with Gasteiger partial charge in [0, 0.05) is 18.7 Å². The van der Waals surface area contributed by atoms with E-state index in [1.807, 2.05) is 0 Å². The number of hydrogen-bond acceptors (Lipinski definition) is 3. The second kappa shape index (κ2) is 7.03. The second-order valence-electron chi connectivity index (χ2n) is 6.49. The maximum atomic E-state index is 12.8. The Hall–Kier alpha value is -1.72. The molecule has 0 spiro atoms. The Balaban J connectivity index is 1.68. The van der Waals surface area contributed by atoms with Crippen molar-refractivity contribution >= 4 is 15.8 Å². The van der Waals surface area contributed by atoms with Crippen molar-refractivity contribution < 1.29 is 13.2 Å². The number of sulfonamides is 1. The van der Waals surface area contributed by atoms with Crippen molar-refractivity contribution in [3.63, 3.8) is 0 Å². The Kier molecular flexibility index (Phi) is 5.01. The smallest absolute Gasteiger partial charge is 0.243 e. The van der Waals surface area contributed by atoms with Crippen molar-refractivity contribution in [1.82, 2.24) is 4.31 Å². The SMILES string of the molecule is CC(=O)c1ccc(S(=O)(=O)N2CCC(C3C=CCC=C3)CC2)cc1. The summed E-state index contributed by atoms with van der Waals surface area (Å²) < 4.78 is 27.1. The highest BCUT2D eigenvalue weighted by Crippen LogP contribution is 2.31. The summed E-state index contributed by atoms with van der Waals surface area (Å²) in [5, 5.41) is 0. The molecule has 0 aromatic heterocycles. The summed E-state index contributed by atoms with van der Waals surface area (Å²) >= 11 is 0. The number of piperidine rings is 1. The van der Waals surface area contributed by atoms with Crippen LogP contribution in [-0.4, -0.2) is 31.6 Å². The normalized spacial score (nSPS) is 20.4. The van der Waals surface area contributed by atoms with Crippen LogP contribution in [0.15, 0.2) is 53.5 Å². The first-order valence-electron chi connectivity index (χ1n) is 8.43. The number of allylic oxidation sites excluding steroid dienone is 4. The van der Waals surface area contributed by atoms with E-state index >= 15 is 0 Å². The fraction of sp³-hybridized carbons (Fsp3) is 0.421. The zero-order valence-corrected chi connectivity index (χ0v) is 14.7. The fourth-order valence-electron chi connectivity index (χ4n) is 3.44. The van der Waals surface area contributed by atoms with Gasteiger partial charge in [-0.2, -0.15) is 4.31 Å². The summed E-state index contributed by atoms with van der Waals surface area (Å²) in [4.78, 5) is 11.6. The fourth-order valence-corrected chi connectivity index (χ4v) is 4.91. The number of nitrogens with zero attached hydrogens (tertiary/aromatic N) is 1. The van der Waals surface area contributed by atoms with Crippen LogP contribution >= 0.6 is 0 Å². The number of Topliss-reactive ketones (excluding diaryl/α,β-unsaturated/α-hetero) is 1. The topological polar surface area (TPSA) is 54.5 Å². The Morgan fingerprint density at radius 3 is 2.17 bits per heavy atom. The molecule has 0 saturated carbocycles. The lowest BCUT2D eigenvalue weighted by atomic mass is 9.83. The molecule has 0 unspecified atom stereocenters. The number of hydrogen-bond donors (Lipinski definition) is 0. The Bertz CT molecular complexity index is 742. The standard InChI is InChI=1S/C19H23NO3S/c1-15(21)16-7-9-19(10-8-16)24(22,23)20-13-11-18(12-14-20)17-5-3-2-4-6-17/h3-10,17-18H,2,11-14H2,1H3. The van der Waals surface area contributed by atoms with Crippen molar-refractivity contribution in [3.8, 4) is 0 Å². The van der Waals surface area contributed by atoms with Gasteiger partial charge < -0.3 is 0 Å². The average Bonchev–Trinajstić information content (AvgIpc) is 2.62. The lowest BCUT2D eigenvalue weighted by molar-refractivity contribution is 0.101. The van der Waals surface area contributed by atoms with Crippen LogP contribution in [-0.2, 0) is 10.0 Å². The van der Waals surface area contributed by atoms with E-state index in [1.165, 1.54) is 19.1 Å². The molecule has 128 valence electrons. The molecule has 4 nitrogen and oxygen atoms in total. The van der Waals surface area contributed by atoms with Crippen molar-refractivity contribution in [2.75, 3.05) is 13.1 Å². The van der Waals surface area contributed by atoms with Crippen molar-refractivity contribution in [2.45, 2.75) is 31.1 Å². The number of ketones is 1. The van der Waals surface area contributed by atoms with Crippen LogP contribution < -0.4 is 0 Å². The van der Waals surface area contributed by atoms with E-state index in [9.17, 15) is 13.2 Å². The summed E-state index contributed by atoms with van der Waals surface area (Å²) in [7, 11) is -3.47. The van der Waals surface area contributed by atoms with Crippen molar-refractivity contribution in [2.24, 2.45) is 11.8 Å². The molecule has 3 rings (SSSR count). The summed E-state index contributed by atoms with van der Waals surface area (Å²) in [5.41, 5.74) is 0.531. The van der Waals surface area contributed by atoms with Crippen LogP contribution in [0.25, 0.3) is 0 Å². The van der Waals surface area contributed by atoms with E-state index in [4.69, 9.17) is 0 Å². The van der Waals surface area contributed by atoms with Gasteiger partial charge in [-0.15, -0.1) is 0 Å². The molecule has 1 aromatic carbocycles. The average molecular weight is 345 g/mol. The molecular formula is C19H23NO3S. The van der Waals surface area contributed by atoms with Gasteiger partial charge in [0.15, 0.2) is 5.78 Å². The Morgan fingerprint density at radius 1 is 1.04 bits per heavy atom. The Morgan fingerprint density at radius 2 is 1.62 bits per heavy atom. The van der Waals surface area contributed by atoms with Gasteiger partial charge in [0.2, 0.25) is 10.0 Å². The number of carbonyl (C=O) groups excluding carboxylic acids is 1.